The molecule has 1 aromatic rings. The minimum Gasteiger partial charge on any atom is -0.488 e. The van der Waals surface area contributed by atoms with Gasteiger partial charge in [-0.25, -0.2) is 8.42 Å². The van der Waals surface area contributed by atoms with Gasteiger partial charge in [0.05, 0.1) is 11.5 Å². The third-order valence-corrected chi connectivity index (χ3v) is 4.80. The van der Waals surface area contributed by atoms with Crippen molar-refractivity contribution in [3.05, 3.63) is 23.8 Å². The summed E-state index contributed by atoms with van der Waals surface area (Å²) in [5.41, 5.74) is 0.581. The maximum absolute atomic E-state index is 11.5. The normalized spacial score (nSPS) is 20.3. The topological polar surface area (TPSA) is 52.6 Å². The van der Waals surface area contributed by atoms with Crippen LogP contribution in [0.2, 0.25) is 0 Å². The molecule has 0 aliphatic carbocycles. The Balaban J connectivity index is 2.36. The van der Waals surface area contributed by atoms with E-state index < -0.39 is 9.05 Å². The van der Waals surface area contributed by atoms with Crippen LogP contribution in [0, 0.1) is 0 Å². The van der Waals surface area contributed by atoms with Gasteiger partial charge in [-0.15, -0.1) is 0 Å². The van der Waals surface area contributed by atoms with Gasteiger partial charge >= 0.3 is 0 Å². The first-order chi connectivity index (χ1) is 9.68. The van der Waals surface area contributed by atoms with Crippen molar-refractivity contribution in [1.82, 2.24) is 0 Å². The Kier molecular flexibility index (Phi) is 4.85. The molecule has 6 heteroatoms. The summed E-state index contributed by atoms with van der Waals surface area (Å²) in [5, 5.41) is 0. The summed E-state index contributed by atoms with van der Waals surface area (Å²) in [6.45, 7) is 7.38. The van der Waals surface area contributed by atoms with Gasteiger partial charge in [0.15, 0.2) is 0 Å². The highest BCUT2D eigenvalue weighted by molar-refractivity contribution is 8.13. The van der Waals surface area contributed by atoms with E-state index in [0.717, 1.165) is 25.0 Å². The van der Waals surface area contributed by atoms with E-state index in [1.54, 1.807) is 12.1 Å². The van der Waals surface area contributed by atoms with E-state index in [2.05, 4.69) is 0 Å². The van der Waals surface area contributed by atoms with Crippen LogP contribution in [0.25, 0.3) is 0 Å². The Bertz CT molecular complexity index is 599. The molecule has 1 unspecified atom stereocenters. The van der Waals surface area contributed by atoms with Crippen LogP contribution in [0.1, 0.15) is 39.2 Å². The van der Waals surface area contributed by atoms with Gasteiger partial charge in [0.25, 0.3) is 9.05 Å². The van der Waals surface area contributed by atoms with E-state index in [-0.39, 0.29) is 16.4 Å². The Morgan fingerprint density at radius 1 is 1.33 bits per heavy atom. The van der Waals surface area contributed by atoms with Crippen molar-refractivity contribution >= 4 is 19.7 Å². The highest BCUT2D eigenvalue weighted by Gasteiger charge is 2.25. The van der Waals surface area contributed by atoms with Gasteiger partial charge in [0.2, 0.25) is 0 Å². The molecular formula is C15H21ClO4S. The smallest absolute Gasteiger partial charge is 0.261 e. The fourth-order valence-corrected chi connectivity index (χ4v) is 3.11. The van der Waals surface area contributed by atoms with Crippen molar-refractivity contribution < 1.29 is 17.9 Å². The van der Waals surface area contributed by atoms with Crippen LogP contribution in [0.3, 0.4) is 0 Å². The summed E-state index contributed by atoms with van der Waals surface area (Å²) in [6, 6.07) is 4.77. The monoisotopic (exact) mass is 332 g/mol. The molecule has 1 saturated heterocycles. The number of halogens is 1. The zero-order valence-electron chi connectivity index (χ0n) is 12.6. The van der Waals surface area contributed by atoms with Crippen molar-refractivity contribution in [3.63, 3.8) is 0 Å². The second-order valence-corrected chi connectivity index (χ2v) is 8.87. The van der Waals surface area contributed by atoms with E-state index >= 15 is 0 Å². The molecule has 21 heavy (non-hydrogen) atoms. The molecule has 1 aromatic carbocycles. The molecule has 0 aromatic heterocycles. The molecule has 118 valence electrons. The summed E-state index contributed by atoms with van der Waals surface area (Å²) in [4.78, 5) is 0.0985. The van der Waals surface area contributed by atoms with Crippen molar-refractivity contribution in [1.29, 1.82) is 0 Å². The van der Waals surface area contributed by atoms with Crippen LogP contribution < -0.4 is 4.74 Å². The zero-order valence-corrected chi connectivity index (χ0v) is 14.1. The van der Waals surface area contributed by atoms with Crippen molar-refractivity contribution in [2.45, 2.75) is 50.0 Å². The van der Waals surface area contributed by atoms with Crippen LogP contribution in [0.4, 0.5) is 0 Å². The minimum absolute atomic E-state index is 0.0123. The number of benzene rings is 1. The Morgan fingerprint density at radius 2 is 2.05 bits per heavy atom. The molecule has 0 bridgehead atoms. The maximum atomic E-state index is 11.5. The fourth-order valence-electron chi connectivity index (χ4n) is 2.33. The Labute approximate surface area is 130 Å². The predicted molar refractivity (Wildman–Crippen MR) is 82.6 cm³/mol. The predicted octanol–water partition coefficient (Wildman–Crippen LogP) is 3.47. The lowest BCUT2D eigenvalue weighted by Crippen LogP contribution is -2.29. The largest absolute Gasteiger partial charge is 0.488 e. The Hall–Kier alpha value is -0.780. The second kappa shape index (κ2) is 6.15. The molecule has 0 N–H and O–H groups in total. The summed E-state index contributed by atoms with van der Waals surface area (Å²) >= 11 is 0. The van der Waals surface area contributed by atoms with Crippen LogP contribution in [0.5, 0.6) is 5.75 Å². The van der Waals surface area contributed by atoms with E-state index in [1.165, 1.54) is 6.07 Å². The van der Waals surface area contributed by atoms with Gasteiger partial charge in [-0.2, -0.15) is 0 Å². The molecule has 1 aliphatic rings. The summed E-state index contributed by atoms with van der Waals surface area (Å²) in [7, 11) is 1.69. The maximum Gasteiger partial charge on any atom is 0.261 e. The molecule has 0 spiro atoms. The van der Waals surface area contributed by atoms with Gasteiger partial charge in [-0.1, -0.05) is 20.8 Å². The molecule has 1 aliphatic heterocycles. The number of hydrogen-bond acceptors (Lipinski definition) is 4. The van der Waals surface area contributed by atoms with Crippen molar-refractivity contribution in [3.8, 4) is 5.75 Å². The Morgan fingerprint density at radius 3 is 2.57 bits per heavy atom. The first-order valence-corrected chi connectivity index (χ1v) is 9.32. The quantitative estimate of drug-likeness (QED) is 0.795. The third kappa shape index (κ3) is 4.34. The van der Waals surface area contributed by atoms with E-state index in [9.17, 15) is 8.42 Å². The molecule has 4 nitrogen and oxygen atoms in total. The molecule has 0 saturated carbocycles. The molecule has 0 amide bonds. The number of ether oxygens (including phenoxy) is 2. The summed E-state index contributed by atoms with van der Waals surface area (Å²) < 4.78 is 34.5. The second-order valence-electron chi connectivity index (χ2n) is 6.30. The fraction of sp³-hybridized carbons (Fsp3) is 0.600. The van der Waals surface area contributed by atoms with Crippen LogP contribution in [0.15, 0.2) is 23.1 Å². The van der Waals surface area contributed by atoms with Crippen LogP contribution >= 0.6 is 10.7 Å². The van der Waals surface area contributed by atoms with Gasteiger partial charge in [0, 0.05) is 22.9 Å². The van der Waals surface area contributed by atoms with Crippen molar-refractivity contribution in [2.75, 3.05) is 13.2 Å². The van der Waals surface area contributed by atoms with Crippen LogP contribution in [-0.4, -0.2) is 27.7 Å². The first kappa shape index (κ1) is 16.6. The van der Waals surface area contributed by atoms with E-state index in [4.69, 9.17) is 20.2 Å². The van der Waals surface area contributed by atoms with Gasteiger partial charge in [-0.05, 0) is 36.5 Å². The van der Waals surface area contributed by atoms with Crippen LogP contribution in [-0.2, 0) is 19.2 Å². The lowest BCUT2D eigenvalue weighted by Gasteiger charge is -2.28. The lowest BCUT2D eigenvalue weighted by atomic mass is 9.86. The standard InChI is InChI=1S/C15H21ClO4S/c1-15(2,3)13-9-12(21(16,17)18)6-7-14(13)20-11-5-4-8-19-10-11/h6-7,9,11H,4-5,8,10H2,1-3H3. The highest BCUT2D eigenvalue weighted by atomic mass is 35.7. The highest BCUT2D eigenvalue weighted by Crippen LogP contribution is 2.35. The van der Waals surface area contributed by atoms with Crippen molar-refractivity contribution in [2.24, 2.45) is 0 Å². The molecular weight excluding hydrogens is 312 g/mol. The average molecular weight is 333 g/mol. The number of hydrogen-bond donors (Lipinski definition) is 0. The lowest BCUT2D eigenvalue weighted by molar-refractivity contribution is 0.00668. The molecule has 1 heterocycles. The average Bonchev–Trinajstić information content (AvgIpc) is 2.38. The number of rotatable bonds is 3. The zero-order chi connectivity index (χ0) is 15.7. The first-order valence-electron chi connectivity index (χ1n) is 7.01. The van der Waals surface area contributed by atoms with Gasteiger partial charge < -0.3 is 9.47 Å². The third-order valence-electron chi connectivity index (χ3n) is 3.45. The molecule has 1 atom stereocenters. The SMILES string of the molecule is CC(C)(C)c1cc(S(=O)(=O)Cl)ccc1OC1CCCOC1. The molecule has 0 radical (unpaired) electrons. The summed E-state index contributed by atoms with van der Waals surface area (Å²) in [6.07, 6.45) is 1.93. The molecule has 2 rings (SSSR count). The van der Waals surface area contributed by atoms with Gasteiger partial charge in [0.1, 0.15) is 11.9 Å². The summed E-state index contributed by atoms with van der Waals surface area (Å²) in [5.74, 6) is 0.696. The van der Waals surface area contributed by atoms with Gasteiger partial charge in [-0.3, -0.25) is 0 Å². The van der Waals surface area contributed by atoms with E-state index in [0.29, 0.717) is 12.4 Å². The van der Waals surface area contributed by atoms with E-state index in [1.807, 2.05) is 20.8 Å². The molecule has 1 fully saturated rings. The minimum atomic E-state index is -3.74.